The Morgan fingerprint density at radius 2 is 1.85 bits per heavy atom. The van der Waals surface area contributed by atoms with Crippen LogP contribution in [0.25, 0.3) is 0 Å². The van der Waals surface area contributed by atoms with Crippen molar-refractivity contribution in [3.05, 3.63) is 54.1 Å². The molecule has 0 radical (unpaired) electrons. The van der Waals surface area contributed by atoms with E-state index in [4.69, 9.17) is 19.3 Å². The Kier molecular flexibility index (Phi) is 7.91. The van der Waals surface area contributed by atoms with E-state index in [0.717, 1.165) is 0 Å². The van der Waals surface area contributed by atoms with Crippen molar-refractivity contribution >= 4 is 11.6 Å². The Bertz CT molecular complexity index is 691. The van der Waals surface area contributed by atoms with Crippen LogP contribution in [0.3, 0.4) is 0 Å². The molecule has 0 amide bonds. The molecule has 1 aromatic carbocycles. The lowest BCUT2D eigenvalue weighted by atomic mass is 9.84. The molecule has 1 aromatic rings. The van der Waals surface area contributed by atoms with Gasteiger partial charge in [0, 0.05) is 18.8 Å². The third-order valence-electron chi connectivity index (χ3n) is 4.19. The number of allylic oxidation sites excluding steroid dienone is 2. The molecule has 1 N–H and O–H groups in total. The number of hydrogen-bond acceptors (Lipinski definition) is 6. The first-order valence-corrected chi connectivity index (χ1v) is 9.09. The molecule has 0 spiro atoms. The van der Waals surface area contributed by atoms with Gasteiger partial charge >= 0.3 is 0 Å². The molecular weight excluding hydrogens is 348 g/mol. The number of hydrogen-bond donors (Lipinski definition) is 1. The molecule has 2 atom stereocenters. The number of rotatable bonds is 11. The van der Waals surface area contributed by atoms with Crippen LogP contribution in [0, 0.1) is 0 Å². The maximum Gasteiger partial charge on any atom is 0.179 e. The fraction of sp³-hybridized carbons (Fsp3) is 0.429. The van der Waals surface area contributed by atoms with Gasteiger partial charge in [-0.2, -0.15) is 0 Å². The minimum Gasteiger partial charge on any atom is -0.491 e. The van der Waals surface area contributed by atoms with Gasteiger partial charge in [-0.25, -0.2) is 0 Å². The Morgan fingerprint density at radius 3 is 2.48 bits per heavy atom. The first-order chi connectivity index (χ1) is 13.1. The molecule has 1 aliphatic carbocycles. The van der Waals surface area contributed by atoms with E-state index in [0.29, 0.717) is 24.5 Å². The van der Waals surface area contributed by atoms with Gasteiger partial charge in [0.2, 0.25) is 0 Å². The largest absolute Gasteiger partial charge is 0.491 e. The highest BCUT2D eigenvalue weighted by Crippen LogP contribution is 2.29. The van der Waals surface area contributed by atoms with Crippen LogP contribution in [0.4, 0.5) is 0 Å². The van der Waals surface area contributed by atoms with Crippen LogP contribution in [-0.4, -0.2) is 54.8 Å². The third kappa shape index (κ3) is 5.13. The van der Waals surface area contributed by atoms with E-state index in [-0.39, 0.29) is 31.2 Å². The maximum absolute atomic E-state index is 13.0. The molecule has 146 valence electrons. The Hall–Kier alpha value is -2.28. The number of aliphatic hydroxyl groups excluding tert-OH is 1. The van der Waals surface area contributed by atoms with Crippen molar-refractivity contribution < 1.29 is 28.9 Å². The number of benzene rings is 1. The summed E-state index contributed by atoms with van der Waals surface area (Å²) in [7, 11) is 0. The quantitative estimate of drug-likeness (QED) is 0.473. The monoisotopic (exact) mass is 374 g/mol. The normalized spacial score (nSPS) is 21.2. The molecule has 27 heavy (non-hydrogen) atoms. The molecule has 2 unspecified atom stereocenters. The molecule has 2 rings (SSSR count). The summed E-state index contributed by atoms with van der Waals surface area (Å²) in [4.78, 5) is 25.6. The number of ether oxygens (including phenoxy) is 3. The molecular formula is C21H26O6. The van der Waals surface area contributed by atoms with Crippen molar-refractivity contribution in [1.82, 2.24) is 0 Å². The standard InChI is InChI=1S/C21H26O6/c1-3-25-20-7-5-6-12-21(20,27-4-2)19(24)15-18(23)16-8-10-17(11-9-16)26-14-13-22/h5-12,20,22H,3-4,13-15H2,1-2H3. The molecule has 0 saturated carbocycles. The predicted octanol–water partition coefficient (Wildman–Crippen LogP) is 2.51. The van der Waals surface area contributed by atoms with E-state index in [9.17, 15) is 9.59 Å². The third-order valence-corrected chi connectivity index (χ3v) is 4.19. The zero-order valence-corrected chi connectivity index (χ0v) is 15.7. The average molecular weight is 374 g/mol. The fourth-order valence-electron chi connectivity index (χ4n) is 2.95. The van der Waals surface area contributed by atoms with Gasteiger partial charge in [0.05, 0.1) is 13.0 Å². The second kappa shape index (κ2) is 10.2. The first kappa shape index (κ1) is 21.0. The van der Waals surface area contributed by atoms with Gasteiger partial charge in [-0.15, -0.1) is 0 Å². The van der Waals surface area contributed by atoms with E-state index in [1.54, 1.807) is 55.5 Å². The van der Waals surface area contributed by atoms with E-state index < -0.39 is 11.7 Å². The van der Waals surface area contributed by atoms with Gasteiger partial charge in [0.15, 0.2) is 17.2 Å². The Labute approximate surface area is 159 Å². The van der Waals surface area contributed by atoms with Crippen LogP contribution in [0.5, 0.6) is 5.75 Å². The second-order valence-corrected chi connectivity index (χ2v) is 5.97. The summed E-state index contributed by atoms with van der Waals surface area (Å²) in [6.45, 7) is 4.49. The Balaban J connectivity index is 2.13. The van der Waals surface area contributed by atoms with Crippen molar-refractivity contribution in [3.63, 3.8) is 0 Å². The highest BCUT2D eigenvalue weighted by Gasteiger charge is 2.45. The topological polar surface area (TPSA) is 82.1 Å². The van der Waals surface area contributed by atoms with Crippen molar-refractivity contribution in [2.75, 3.05) is 26.4 Å². The minimum absolute atomic E-state index is 0.0857. The van der Waals surface area contributed by atoms with Crippen LogP contribution < -0.4 is 4.74 Å². The highest BCUT2D eigenvalue weighted by atomic mass is 16.6. The highest BCUT2D eigenvalue weighted by molar-refractivity contribution is 6.11. The molecule has 0 bridgehead atoms. The smallest absolute Gasteiger partial charge is 0.179 e. The molecule has 0 heterocycles. The number of carbonyl (C=O) groups excluding carboxylic acids is 2. The summed E-state index contributed by atoms with van der Waals surface area (Å²) in [5.74, 6) is -0.0885. The summed E-state index contributed by atoms with van der Waals surface area (Å²) in [6, 6.07) is 6.48. The molecule has 0 saturated heterocycles. The van der Waals surface area contributed by atoms with Crippen molar-refractivity contribution in [1.29, 1.82) is 0 Å². The van der Waals surface area contributed by atoms with Crippen LogP contribution in [0.15, 0.2) is 48.6 Å². The lowest BCUT2D eigenvalue weighted by Crippen LogP contribution is -2.52. The Morgan fingerprint density at radius 1 is 1.11 bits per heavy atom. The number of carbonyl (C=O) groups is 2. The average Bonchev–Trinajstić information content (AvgIpc) is 2.68. The molecule has 0 fully saturated rings. The molecule has 6 heteroatoms. The van der Waals surface area contributed by atoms with Gasteiger partial charge in [0.25, 0.3) is 0 Å². The van der Waals surface area contributed by atoms with Gasteiger partial charge in [-0.1, -0.05) is 18.2 Å². The van der Waals surface area contributed by atoms with E-state index in [2.05, 4.69) is 0 Å². The maximum atomic E-state index is 13.0. The zero-order chi connectivity index (χ0) is 19.7. The van der Waals surface area contributed by atoms with Crippen molar-refractivity contribution in [2.24, 2.45) is 0 Å². The number of aliphatic hydroxyl groups is 1. The van der Waals surface area contributed by atoms with Gasteiger partial charge < -0.3 is 19.3 Å². The van der Waals surface area contributed by atoms with Crippen molar-refractivity contribution in [2.45, 2.75) is 32.0 Å². The molecule has 0 aromatic heterocycles. The molecule has 1 aliphatic rings. The van der Waals surface area contributed by atoms with E-state index in [1.807, 2.05) is 6.92 Å². The van der Waals surface area contributed by atoms with Crippen LogP contribution in [0.2, 0.25) is 0 Å². The second-order valence-electron chi connectivity index (χ2n) is 5.97. The predicted molar refractivity (Wildman–Crippen MR) is 101 cm³/mol. The minimum atomic E-state index is -1.29. The summed E-state index contributed by atoms with van der Waals surface area (Å²) < 4.78 is 16.7. The molecule has 0 aliphatic heterocycles. The summed E-state index contributed by atoms with van der Waals surface area (Å²) in [5, 5.41) is 8.77. The SMILES string of the molecule is CCOC1C=CC=CC1(OCC)C(=O)CC(=O)c1ccc(OCCO)cc1. The van der Waals surface area contributed by atoms with Crippen LogP contribution in [0.1, 0.15) is 30.6 Å². The van der Waals surface area contributed by atoms with Gasteiger partial charge in [0.1, 0.15) is 18.5 Å². The first-order valence-electron chi connectivity index (χ1n) is 9.09. The zero-order valence-electron chi connectivity index (χ0n) is 15.7. The number of ketones is 2. The summed E-state index contributed by atoms with van der Waals surface area (Å²) in [6.07, 6.45) is 6.12. The number of Topliss-reactive ketones (excluding diaryl/α,β-unsaturated/α-hetero) is 2. The lowest BCUT2D eigenvalue weighted by molar-refractivity contribution is -0.151. The lowest BCUT2D eigenvalue weighted by Gasteiger charge is -2.36. The molecule has 6 nitrogen and oxygen atoms in total. The van der Waals surface area contributed by atoms with E-state index >= 15 is 0 Å². The van der Waals surface area contributed by atoms with Crippen LogP contribution in [-0.2, 0) is 14.3 Å². The van der Waals surface area contributed by atoms with Crippen LogP contribution >= 0.6 is 0 Å². The summed E-state index contributed by atoms with van der Waals surface area (Å²) >= 11 is 0. The van der Waals surface area contributed by atoms with E-state index in [1.165, 1.54) is 0 Å². The van der Waals surface area contributed by atoms with Gasteiger partial charge in [-0.05, 0) is 44.2 Å². The van der Waals surface area contributed by atoms with Gasteiger partial charge in [-0.3, -0.25) is 9.59 Å². The summed E-state index contributed by atoms with van der Waals surface area (Å²) in [5.41, 5.74) is -0.881. The fourth-order valence-corrected chi connectivity index (χ4v) is 2.95. The van der Waals surface area contributed by atoms with Crippen molar-refractivity contribution in [3.8, 4) is 5.75 Å².